The average molecular weight is 660 g/mol. The summed E-state index contributed by atoms with van der Waals surface area (Å²) in [4.78, 5) is 20.0. The van der Waals surface area contributed by atoms with Crippen LogP contribution in [0.2, 0.25) is 0 Å². The second-order valence-corrected chi connectivity index (χ2v) is 14.1. The molecule has 1 fully saturated rings. The summed E-state index contributed by atoms with van der Waals surface area (Å²) in [6.07, 6.45) is 6.20. The Labute approximate surface area is 280 Å². The SMILES string of the molecule is Cc1cc2nc3cn2c(c1[C@H](OC(C)(C)C)C(=O)O)N1CCC(C)(CC1)OC/C=C\C[C@@H](C)Oc1cc(F)cc(F)c1-c1cccc-3c1. The summed E-state index contributed by atoms with van der Waals surface area (Å²) >= 11 is 0. The number of piperidine rings is 1. The minimum Gasteiger partial charge on any atom is -0.490 e. The third kappa shape index (κ3) is 6.96. The summed E-state index contributed by atoms with van der Waals surface area (Å²) in [7, 11) is 0. The molecule has 48 heavy (non-hydrogen) atoms. The highest BCUT2D eigenvalue weighted by atomic mass is 19.1. The lowest BCUT2D eigenvalue weighted by Crippen LogP contribution is -2.45. The van der Waals surface area contributed by atoms with Gasteiger partial charge in [0.25, 0.3) is 0 Å². The lowest BCUT2D eigenvalue weighted by atomic mass is 9.92. The summed E-state index contributed by atoms with van der Waals surface area (Å²) in [5.74, 6) is -1.70. The van der Waals surface area contributed by atoms with Gasteiger partial charge in [-0.1, -0.05) is 30.4 Å². The number of carboxylic acid groups (broad SMARTS) is 1. The van der Waals surface area contributed by atoms with Gasteiger partial charge in [0.2, 0.25) is 0 Å². The minimum absolute atomic E-state index is 0.116. The zero-order valence-electron chi connectivity index (χ0n) is 28.3. The van der Waals surface area contributed by atoms with Gasteiger partial charge in [-0.15, -0.1) is 0 Å². The van der Waals surface area contributed by atoms with Crippen LogP contribution < -0.4 is 9.64 Å². The number of carbonyl (C=O) groups is 1. The van der Waals surface area contributed by atoms with Crippen molar-refractivity contribution in [3.63, 3.8) is 0 Å². The number of nitrogens with zero attached hydrogens (tertiary/aromatic N) is 3. The van der Waals surface area contributed by atoms with Crippen LogP contribution >= 0.6 is 0 Å². The largest absolute Gasteiger partial charge is 0.490 e. The number of rotatable bonds is 3. The first-order valence-electron chi connectivity index (χ1n) is 16.4. The maximum absolute atomic E-state index is 15.5. The topological polar surface area (TPSA) is 85.5 Å². The van der Waals surface area contributed by atoms with Crippen molar-refractivity contribution < 1.29 is 32.9 Å². The van der Waals surface area contributed by atoms with Crippen molar-refractivity contribution in [1.29, 1.82) is 0 Å². The average Bonchev–Trinajstić information content (AvgIpc) is 3.42. The Morgan fingerprint density at radius 2 is 1.83 bits per heavy atom. The Hall–Kier alpha value is -4.28. The van der Waals surface area contributed by atoms with Gasteiger partial charge < -0.3 is 24.2 Å². The lowest BCUT2D eigenvalue weighted by molar-refractivity contribution is -0.160. The van der Waals surface area contributed by atoms with E-state index in [-0.39, 0.29) is 23.0 Å². The molecule has 4 aromatic rings. The fourth-order valence-corrected chi connectivity index (χ4v) is 6.58. The van der Waals surface area contributed by atoms with Crippen LogP contribution in [0.4, 0.5) is 14.6 Å². The number of hydrogen-bond donors (Lipinski definition) is 1. The van der Waals surface area contributed by atoms with Gasteiger partial charge in [0, 0.05) is 49.0 Å². The smallest absolute Gasteiger partial charge is 0.337 e. The number of hydrogen-bond acceptors (Lipinski definition) is 6. The quantitative estimate of drug-likeness (QED) is 0.222. The molecule has 0 saturated carbocycles. The number of benzene rings is 2. The Kier molecular flexibility index (Phi) is 9.08. The van der Waals surface area contributed by atoms with Crippen molar-refractivity contribution >= 4 is 17.4 Å². The van der Waals surface area contributed by atoms with Gasteiger partial charge in [-0.05, 0) is 77.6 Å². The Balaban J connectivity index is 1.56. The highest BCUT2D eigenvalue weighted by Gasteiger charge is 2.37. The fraction of sp³-hybridized carbons (Fsp3) is 0.421. The van der Waals surface area contributed by atoms with E-state index in [4.69, 9.17) is 19.2 Å². The van der Waals surface area contributed by atoms with Gasteiger partial charge in [-0.25, -0.2) is 18.6 Å². The van der Waals surface area contributed by atoms with Gasteiger partial charge in [-0.3, -0.25) is 4.40 Å². The maximum atomic E-state index is 15.5. The molecule has 3 aliphatic heterocycles. The second kappa shape index (κ2) is 13.0. The standard InChI is InChI=1S/C38H43F2N3O5/c1-23-18-31-41-29-22-43(31)35(32(23)34(36(44)45)48-37(3,4)5)42-15-13-38(6,14-16-42)46-17-8-7-10-24(2)47-30-21-27(39)20-28(40)33(30)26-12-9-11-25(29)19-26/h7-9,11-12,18-22,24,34H,10,13-17H2,1-6H3,(H,44,45)/b8-7-/t24-,34+/m1/s1. The van der Waals surface area contributed by atoms with Crippen molar-refractivity contribution in [3.8, 4) is 28.1 Å². The highest BCUT2D eigenvalue weighted by Crippen LogP contribution is 2.41. The monoisotopic (exact) mass is 659 g/mol. The number of aromatic nitrogens is 2. The molecule has 2 aromatic heterocycles. The minimum atomic E-state index is -1.22. The zero-order chi connectivity index (χ0) is 34.4. The predicted octanol–water partition coefficient (Wildman–Crippen LogP) is 8.30. The highest BCUT2D eigenvalue weighted by molar-refractivity contribution is 5.80. The van der Waals surface area contributed by atoms with Crippen molar-refractivity contribution in [2.24, 2.45) is 0 Å². The van der Waals surface area contributed by atoms with E-state index in [1.807, 2.05) is 75.6 Å². The molecule has 0 amide bonds. The molecule has 2 atom stereocenters. The number of aryl methyl sites for hydroxylation is 1. The van der Waals surface area contributed by atoms with Crippen LogP contribution in [-0.2, 0) is 14.3 Å². The summed E-state index contributed by atoms with van der Waals surface area (Å²) in [6, 6.07) is 11.2. The van der Waals surface area contributed by atoms with Crippen molar-refractivity contribution in [2.75, 3.05) is 24.6 Å². The normalized spacial score (nSPS) is 21.5. The predicted molar refractivity (Wildman–Crippen MR) is 182 cm³/mol. The van der Waals surface area contributed by atoms with Gasteiger partial charge >= 0.3 is 5.97 Å². The van der Waals surface area contributed by atoms with E-state index in [1.54, 1.807) is 12.1 Å². The molecule has 0 radical (unpaired) electrons. The van der Waals surface area contributed by atoms with Crippen LogP contribution in [0.25, 0.3) is 28.0 Å². The summed E-state index contributed by atoms with van der Waals surface area (Å²) in [5, 5.41) is 10.5. The van der Waals surface area contributed by atoms with Crippen molar-refractivity contribution in [3.05, 3.63) is 83.6 Å². The molecule has 0 aliphatic carbocycles. The fourth-order valence-electron chi connectivity index (χ4n) is 6.58. The summed E-state index contributed by atoms with van der Waals surface area (Å²) < 4.78 is 50.6. The molecular formula is C38H43F2N3O5. The van der Waals surface area contributed by atoms with Gasteiger partial charge in [0.15, 0.2) is 6.10 Å². The number of carboxylic acids is 1. The number of imidazole rings is 1. The van der Waals surface area contributed by atoms with Crippen LogP contribution in [0.5, 0.6) is 5.75 Å². The van der Waals surface area contributed by atoms with E-state index >= 15 is 4.39 Å². The Morgan fingerprint density at radius 3 is 2.54 bits per heavy atom. The van der Waals surface area contributed by atoms with Crippen LogP contribution in [0, 0.1) is 18.6 Å². The zero-order valence-corrected chi connectivity index (χ0v) is 28.3. The van der Waals surface area contributed by atoms with Crippen LogP contribution in [0.1, 0.15) is 71.1 Å². The van der Waals surface area contributed by atoms with E-state index in [0.29, 0.717) is 60.0 Å². The van der Waals surface area contributed by atoms with E-state index in [9.17, 15) is 14.3 Å². The van der Waals surface area contributed by atoms with Crippen LogP contribution in [0.3, 0.4) is 0 Å². The molecule has 1 saturated heterocycles. The Morgan fingerprint density at radius 1 is 1.10 bits per heavy atom. The molecule has 3 aliphatic rings. The number of pyridine rings is 1. The first-order chi connectivity index (χ1) is 22.7. The van der Waals surface area contributed by atoms with Crippen molar-refractivity contribution in [1.82, 2.24) is 9.38 Å². The van der Waals surface area contributed by atoms with E-state index in [1.165, 1.54) is 6.07 Å². The molecule has 6 bridgehead atoms. The molecule has 1 N–H and O–H groups in total. The lowest BCUT2D eigenvalue weighted by Gasteiger charge is -2.41. The van der Waals surface area contributed by atoms with Gasteiger partial charge in [-0.2, -0.15) is 0 Å². The van der Waals surface area contributed by atoms with E-state index < -0.39 is 29.3 Å². The first kappa shape index (κ1) is 33.6. The van der Waals surface area contributed by atoms with Crippen LogP contribution in [0.15, 0.2) is 60.8 Å². The number of halogens is 2. The number of ether oxygens (including phenoxy) is 3. The van der Waals surface area contributed by atoms with E-state index in [0.717, 1.165) is 24.5 Å². The molecule has 254 valence electrons. The first-order valence-corrected chi connectivity index (χ1v) is 16.4. The number of anilines is 1. The van der Waals surface area contributed by atoms with Gasteiger partial charge in [0.05, 0.1) is 35.2 Å². The summed E-state index contributed by atoms with van der Waals surface area (Å²) in [5.41, 5.74) is 2.85. The maximum Gasteiger partial charge on any atom is 0.337 e. The molecule has 7 rings (SSSR count). The van der Waals surface area contributed by atoms with Crippen LogP contribution in [-0.4, -0.2) is 57.5 Å². The molecule has 0 unspecified atom stereocenters. The molecular weight excluding hydrogens is 616 g/mol. The Bertz CT molecular complexity index is 1870. The molecule has 5 heterocycles. The molecule has 8 nitrogen and oxygen atoms in total. The molecule has 2 aromatic carbocycles. The van der Waals surface area contributed by atoms with Gasteiger partial charge in [0.1, 0.15) is 28.8 Å². The third-order valence-electron chi connectivity index (χ3n) is 9.01. The summed E-state index contributed by atoms with van der Waals surface area (Å²) in [6.45, 7) is 13.1. The number of aliphatic carboxylic acids is 1. The molecule has 0 spiro atoms. The third-order valence-corrected chi connectivity index (χ3v) is 9.01. The molecule has 10 heteroatoms. The number of fused-ring (bicyclic) bond motifs is 7. The van der Waals surface area contributed by atoms with E-state index in [2.05, 4.69) is 11.8 Å². The van der Waals surface area contributed by atoms with Crippen molar-refractivity contribution in [2.45, 2.75) is 84.2 Å². The second-order valence-electron chi connectivity index (χ2n) is 14.1.